The SMILES string of the molecule is CC1CN(C(=O)OC(C)(C)C)CCC1CNC(=O)c1noc(C2(C)CC2)n1. The Morgan fingerprint density at radius 3 is 2.67 bits per heavy atom. The summed E-state index contributed by atoms with van der Waals surface area (Å²) in [4.78, 5) is 30.5. The molecule has 0 aromatic carbocycles. The fraction of sp³-hybridized carbons (Fsp3) is 0.789. The summed E-state index contributed by atoms with van der Waals surface area (Å²) in [6, 6.07) is 0. The first-order valence-electron chi connectivity index (χ1n) is 9.68. The second-order valence-corrected chi connectivity index (χ2v) is 9.15. The van der Waals surface area contributed by atoms with Crippen LogP contribution >= 0.6 is 0 Å². The van der Waals surface area contributed by atoms with Gasteiger partial charge in [0.15, 0.2) is 0 Å². The smallest absolute Gasteiger partial charge is 0.410 e. The van der Waals surface area contributed by atoms with Crippen LogP contribution in [0.15, 0.2) is 4.52 Å². The van der Waals surface area contributed by atoms with E-state index in [-0.39, 0.29) is 29.2 Å². The maximum absolute atomic E-state index is 12.3. The summed E-state index contributed by atoms with van der Waals surface area (Å²) in [6.07, 6.45) is 2.58. The van der Waals surface area contributed by atoms with Gasteiger partial charge in [-0.3, -0.25) is 4.79 Å². The fourth-order valence-electron chi connectivity index (χ4n) is 3.25. The van der Waals surface area contributed by atoms with Gasteiger partial charge in [-0.05, 0) is 51.9 Å². The number of hydrogen-bond donors (Lipinski definition) is 1. The molecule has 1 saturated carbocycles. The molecule has 0 spiro atoms. The van der Waals surface area contributed by atoms with Crippen molar-refractivity contribution >= 4 is 12.0 Å². The van der Waals surface area contributed by atoms with Crippen LogP contribution in [-0.4, -0.2) is 52.3 Å². The summed E-state index contributed by atoms with van der Waals surface area (Å²) in [7, 11) is 0. The zero-order valence-corrected chi connectivity index (χ0v) is 16.9. The van der Waals surface area contributed by atoms with E-state index in [1.165, 1.54) is 0 Å². The lowest BCUT2D eigenvalue weighted by atomic mass is 9.87. The van der Waals surface area contributed by atoms with E-state index >= 15 is 0 Å². The molecule has 2 atom stereocenters. The van der Waals surface area contributed by atoms with Crippen molar-refractivity contribution in [3.63, 3.8) is 0 Å². The highest BCUT2D eigenvalue weighted by molar-refractivity contribution is 5.90. The topological polar surface area (TPSA) is 97.6 Å². The van der Waals surface area contributed by atoms with Gasteiger partial charge in [0.1, 0.15) is 5.60 Å². The molecule has 0 bridgehead atoms. The molecule has 2 unspecified atom stereocenters. The molecule has 2 amide bonds. The number of nitrogens with zero attached hydrogens (tertiary/aromatic N) is 3. The van der Waals surface area contributed by atoms with Gasteiger partial charge in [0.05, 0.1) is 0 Å². The second-order valence-electron chi connectivity index (χ2n) is 9.15. The van der Waals surface area contributed by atoms with Gasteiger partial charge in [-0.25, -0.2) is 4.79 Å². The Bertz CT molecular complexity index is 705. The van der Waals surface area contributed by atoms with E-state index in [1.807, 2.05) is 20.8 Å². The van der Waals surface area contributed by atoms with Crippen molar-refractivity contribution in [2.45, 2.75) is 64.9 Å². The molecule has 8 nitrogen and oxygen atoms in total. The summed E-state index contributed by atoms with van der Waals surface area (Å²) in [5.41, 5.74) is -0.541. The van der Waals surface area contributed by atoms with Crippen molar-refractivity contribution in [2.24, 2.45) is 11.8 Å². The summed E-state index contributed by atoms with van der Waals surface area (Å²) < 4.78 is 10.7. The number of aromatic nitrogens is 2. The normalized spacial score (nSPS) is 24.4. The summed E-state index contributed by atoms with van der Waals surface area (Å²) in [6.45, 7) is 11.5. The van der Waals surface area contributed by atoms with Crippen molar-refractivity contribution in [1.82, 2.24) is 20.4 Å². The first-order valence-corrected chi connectivity index (χ1v) is 9.68. The van der Waals surface area contributed by atoms with E-state index in [1.54, 1.807) is 4.90 Å². The van der Waals surface area contributed by atoms with Crippen LogP contribution in [0.1, 0.15) is 70.4 Å². The molecule has 1 saturated heterocycles. The van der Waals surface area contributed by atoms with Crippen molar-refractivity contribution < 1.29 is 18.8 Å². The molecule has 150 valence electrons. The van der Waals surface area contributed by atoms with Gasteiger partial charge in [-0.2, -0.15) is 4.98 Å². The van der Waals surface area contributed by atoms with Crippen LogP contribution in [0.2, 0.25) is 0 Å². The first kappa shape index (κ1) is 19.6. The molecule has 0 radical (unpaired) electrons. The van der Waals surface area contributed by atoms with Gasteiger partial charge in [0, 0.05) is 25.0 Å². The minimum absolute atomic E-state index is 0.0471. The van der Waals surface area contributed by atoms with Gasteiger partial charge in [0.2, 0.25) is 5.89 Å². The van der Waals surface area contributed by atoms with E-state index in [0.717, 1.165) is 19.3 Å². The molecular formula is C19H30N4O4. The third kappa shape index (κ3) is 4.78. The van der Waals surface area contributed by atoms with Gasteiger partial charge in [-0.1, -0.05) is 19.0 Å². The van der Waals surface area contributed by atoms with Crippen LogP contribution < -0.4 is 5.32 Å². The number of amides is 2. The number of carbonyl (C=O) groups is 2. The molecular weight excluding hydrogens is 348 g/mol. The molecule has 3 rings (SSSR count). The molecule has 27 heavy (non-hydrogen) atoms. The monoisotopic (exact) mass is 378 g/mol. The van der Waals surface area contributed by atoms with Crippen molar-refractivity contribution in [1.29, 1.82) is 0 Å². The number of hydrogen-bond acceptors (Lipinski definition) is 6. The Hall–Kier alpha value is -2.12. The number of carbonyl (C=O) groups excluding carboxylic acids is 2. The van der Waals surface area contributed by atoms with Crippen LogP contribution in [0.5, 0.6) is 0 Å². The molecule has 1 aliphatic heterocycles. The minimum Gasteiger partial charge on any atom is -0.444 e. The minimum atomic E-state index is -0.494. The highest BCUT2D eigenvalue weighted by Crippen LogP contribution is 2.46. The predicted molar refractivity (Wildman–Crippen MR) is 98.3 cm³/mol. The first-order chi connectivity index (χ1) is 12.6. The zero-order chi connectivity index (χ0) is 19.8. The lowest BCUT2D eigenvalue weighted by molar-refractivity contribution is 0.0116. The highest BCUT2D eigenvalue weighted by atomic mass is 16.6. The molecule has 1 aromatic heterocycles. The summed E-state index contributed by atoms with van der Waals surface area (Å²) in [5, 5.41) is 6.72. The van der Waals surface area contributed by atoms with E-state index < -0.39 is 5.60 Å². The summed E-state index contributed by atoms with van der Waals surface area (Å²) >= 11 is 0. The Balaban J connectivity index is 1.47. The quantitative estimate of drug-likeness (QED) is 0.865. The van der Waals surface area contributed by atoms with Crippen LogP contribution in [0.4, 0.5) is 4.79 Å². The number of ether oxygens (including phenoxy) is 1. The average molecular weight is 378 g/mol. The maximum atomic E-state index is 12.3. The number of piperidine rings is 1. The lowest BCUT2D eigenvalue weighted by Crippen LogP contribution is -2.47. The molecule has 2 aliphatic rings. The van der Waals surface area contributed by atoms with Crippen LogP contribution in [-0.2, 0) is 10.2 Å². The fourth-order valence-corrected chi connectivity index (χ4v) is 3.25. The van der Waals surface area contributed by atoms with Crippen LogP contribution in [0.25, 0.3) is 0 Å². The third-order valence-electron chi connectivity index (χ3n) is 5.40. The standard InChI is InChI=1S/C19H30N4O4/c1-12-11-23(17(25)26-18(2,3)4)9-6-13(12)10-20-15(24)14-21-16(27-22-14)19(5)7-8-19/h12-13H,6-11H2,1-5H3,(H,20,24). The zero-order valence-electron chi connectivity index (χ0n) is 16.9. The van der Waals surface area contributed by atoms with E-state index in [9.17, 15) is 9.59 Å². The van der Waals surface area contributed by atoms with Crippen molar-refractivity contribution in [3.05, 3.63) is 11.7 Å². The average Bonchev–Trinajstić information content (AvgIpc) is 3.12. The van der Waals surface area contributed by atoms with E-state index in [0.29, 0.717) is 31.4 Å². The Kier molecular flexibility index (Phi) is 5.18. The van der Waals surface area contributed by atoms with Gasteiger partial charge in [0.25, 0.3) is 11.7 Å². The van der Waals surface area contributed by atoms with Crippen LogP contribution in [0, 0.1) is 11.8 Å². The number of likely N-dealkylation sites (tertiary alicyclic amines) is 1. The molecule has 1 aromatic rings. The number of nitrogens with one attached hydrogen (secondary N) is 1. The third-order valence-corrected chi connectivity index (χ3v) is 5.40. The Morgan fingerprint density at radius 2 is 2.07 bits per heavy atom. The molecule has 2 heterocycles. The predicted octanol–water partition coefficient (Wildman–Crippen LogP) is 2.74. The molecule has 1 N–H and O–H groups in total. The largest absolute Gasteiger partial charge is 0.444 e. The molecule has 1 aliphatic carbocycles. The van der Waals surface area contributed by atoms with E-state index in [4.69, 9.17) is 9.26 Å². The van der Waals surface area contributed by atoms with Gasteiger partial charge < -0.3 is 19.5 Å². The Labute approximate surface area is 160 Å². The van der Waals surface area contributed by atoms with Crippen LogP contribution in [0.3, 0.4) is 0 Å². The highest BCUT2D eigenvalue weighted by Gasteiger charge is 2.45. The van der Waals surface area contributed by atoms with Gasteiger partial charge >= 0.3 is 6.09 Å². The maximum Gasteiger partial charge on any atom is 0.410 e. The molecule has 8 heteroatoms. The Morgan fingerprint density at radius 1 is 1.37 bits per heavy atom. The van der Waals surface area contributed by atoms with Crippen molar-refractivity contribution in [2.75, 3.05) is 19.6 Å². The second kappa shape index (κ2) is 7.13. The lowest BCUT2D eigenvalue weighted by Gasteiger charge is -2.37. The van der Waals surface area contributed by atoms with Gasteiger partial charge in [-0.15, -0.1) is 0 Å². The number of rotatable bonds is 4. The summed E-state index contributed by atoms with van der Waals surface area (Å²) in [5.74, 6) is 0.886. The van der Waals surface area contributed by atoms with Crippen molar-refractivity contribution in [3.8, 4) is 0 Å². The molecule has 2 fully saturated rings. The van der Waals surface area contributed by atoms with E-state index in [2.05, 4.69) is 29.3 Å².